The van der Waals surface area contributed by atoms with Crippen LogP contribution in [0, 0.1) is 6.92 Å². The summed E-state index contributed by atoms with van der Waals surface area (Å²) in [4.78, 5) is 0. The van der Waals surface area contributed by atoms with Crippen LogP contribution in [0.25, 0.3) is 0 Å². The lowest BCUT2D eigenvalue weighted by Gasteiger charge is -2.18. The molecule has 0 aliphatic carbocycles. The molecule has 0 amide bonds. The van der Waals surface area contributed by atoms with Gasteiger partial charge in [0.1, 0.15) is 4.21 Å². The number of ether oxygens (including phenoxy) is 1. The second kappa shape index (κ2) is 6.29. The molecular formula is C10H16BrNO3S2. The van der Waals surface area contributed by atoms with Crippen LogP contribution in [0.15, 0.2) is 14.1 Å². The van der Waals surface area contributed by atoms with E-state index >= 15 is 0 Å². The summed E-state index contributed by atoms with van der Waals surface area (Å²) in [7, 11) is -1.82. The van der Waals surface area contributed by atoms with E-state index in [4.69, 9.17) is 4.74 Å². The van der Waals surface area contributed by atoms with E-state index in [1.807, 2.05) is 13.8 Å². The van der Waals surface area contributed by atoms with E-state index in [0.29, 0.717) is 23.9 Å². The molecule has 0 N–H and O–H groups in total. The molecule has 0 bridgehead atoms. The molecule has 0 aliphatic heterocycles. The molecule has 0 atom stereocenters. The Morgan fingerprint density at radius 2 is 2.18 bits per heavy atom. The number of hydrogen-bond acceptors (Lipinski definition) is 4. The molecule has 0 unspecified atom stereocenters. The van der Waals surface area contributed by atoms with Gasteiger partial charge in [0.15, 0.2) is 0 Å². The third-order valence-corrected chi connectivity index (χ3v) is 6.89. The lowest BCUT2D eigenvalue weighted by Crippen LogP contribution is -2.33. The average Bonchev–Trinajstić information content (AvgIpc) is 2.61. The first-order valence-electron chi connectivity index (χ1n) is 5.18. The number of thiophene rings is 1. The van der Waals surface area contributed by atoms with Crippen LogP contribution in [0.4, 0.5) is 0 Å². The lowest BCUT2D eigenvalue weighted by molar-refractivity contribution is 0.180. The molecule has 0 spiro atoms. The average molecular weight is 342 g/mol. The highest BCUT2D eigenvalue weighted by atomic mass is 79.9. The quantitative estimate of drug-likeness (QED) is 0.798. The van der Waals surface area contributed by atoms with Gasteiger partial charge in [-0.25, -0.2) is 8.42 Å². The molecule has 1 aromatic heterocycles. The molecule has 17 heavy (non-hydrogen) atoms. The molecule has 0 aliphatic rings. The predicted molar refractivity (Wildman–Crippen MR) is 73.1 cm³/mol. The van der Waals surface area contributed by atoms with Gasteiger partial charge in [0.05, 0.1) is 10.4 Å². The predicted octanol–water partition coefficient (Wildman–Crippen LogP) is 2.48. The number of likely N-dealkylation sites (N-methyl/N-ethyl adjacent to an activating group) is 1. The zero-order valence-corrected chi connectivity index (χ0v) is 13.3. The number of methoxy groups -OCH3 is 1. The second-order valence-corrected chi connectivity index (χ2v) is 8.05. The third kappa shape index (κ3) is 3.51. The first-order valence-corrected chi connectivity index (χ1v) is 8.23. The van der Waals surface area contributed by atoms with E-state index < -0.39 is 10.0 Å². The van der Waals surface area contributed by atoms with Gasteiger partial charge < -0.3 is 4.74 Å². The Morgan fingerprint density at radius 1 is 1.53 bits per heavy atom. The lowest BCUT2D eigenvalue weighted by atomic mass is 10.4. The summed E-state index contributed by atoms with van der Waals surface area (Å²) >= 11 is 4.59. The van der Waals surface area contributed by atoms with Gasteiger partial charge in [-0.1, -0.05) is 6.92 Å². The minimum absolute atomic E-state index is 0.375. The molecule has 1 heterocycles. The number of rotatable bonds is 6. The first kappa shape index (κ1) is 15.1. The Balaban J connectivity index is 2.99. The van der Waals surface area contributed by atoms with Gasteiger partial charge in [0.25, 0.3) is 10.0 Å². The van der Waals surface area contributed by atoms with Crippen molar-refractivity contribution >= 4 is 37.3 Å². The van der Waals surface area contributed by atoms with Crippen molar-refractivity contribution in [2.24, 2.45) is 0 Å². The molecule has 0 radical (unpaired) electrons. The summed E-state index contributed by atoms with van der Waals surface area (Å²) in [6.07, 6.45) is 0. The zero-order valence-electron chi connectivity index (χ0n) is 10.1. The molecule has 0 saturated heterocycles. The molecule has 0 saturated carbocycles. The SMILES string of the molecule is CCN(CCOC)S(=O)(=O)c1cc(C)c(Br)s1. The van der Waals surface area contributed by atoms with Crippen molar-refractivity contribution in [3.8, 4) is 0 Å². The van der Waals surface area contributed by atoms with Gasteiger partial charge in [-0.15, -0.1) is 11.3 Å². The molecule has 1 aromatic rings. The van der Waals surface area contributed by atoms with E-state index in [1.165, 1.54) is 15.6 Å². The van der Waals surface area contributed by atoms with Gasteiger partial charge in [-0.2, -0.15) is 4.31 Å². The smallest absolute Gasteiger partial charge is 0.252 e. The number of aryl methyl sites for hydroxylation is 1. The normalized spacial score (nSPS) is 12.3. The highest BCUT2D eigenvalue weighted by Crippen LogP contribution is 2.32. The molecule has 0 aromatic carbocycles. The van der Waals surface area contributed by atoms with Gasteiger partial charge in [0, 0.05) is 20.2 Å². The summed E-state index contributed by atoms with van der Waals surface area (Å²) in [5.41, 5.74) is 0.941. The Labute approximate surface area is 115 Å². The standard InChI is InChI=1S/C10H16BrNO3S2/c1-4-12(5-6-15-3)17(13,14)9-7-8(2)10(11)16-9/h7H,4-6H2,1-3H3. The van der Waals surface area contributed by atoms with Crippen molar-refractivity contribution in [1.29, 1.82) is 0 Å². The fourth-order valence-electron chi connectivity index (χ4n) is 1.33. The molecule has 1 rings (SSSR count). The number of hydrogen-bond donors (Lipinski definition) is 0. The van der Waals surface area contributed by atoms with Crippen molar-refractivity contribution in [2.75, 3.05) is 26.8 Å². The van der Waals surface area contributed by atoms with Gasteiger partial charge >= 0.3 is 0 Å². The molecule has 0 fully saturated rings. The highest BCUT2D eigenvalue weighted by Gasteiger charge is 2.25. The van der Waals surface area contributed by atoms with Crippen LogP contribution >= 0.6 is 27.3 Å². The van der Waals surface area contributed by atoms with E-state index in [1.54, 1.807) is 13.2 Å². The summed E-state index contributed by atoms with van der Waals surface area (Å²) in [5.74, 6) is 0. The van der Waals surface area contributed by atoms with Crippen LogP contribution < -0.4 is 0 Å². The number of halogens is 1. The topological polar surface area (TPSA) is 46.6 Å². The van der Waals surface area contributed by atoms with Gasteiger partial charge in [-0.05, 0) is 34.5 Å². The number of sulfonamides is 1. The minimum Gasteiger partial charge on any atom is -0.383 e. The first-order chi connectivity index (χ1) is 7.93. The van der Waals surface area contributed by atoms with Crippen molar-refractivity contribution < 1.29 is 13.2 Å². The van der Waals surface area contributed by atoms with Crippen LogP contribution in [-0.2, 0) is 14.8 Å². The van der Waals surface area contributed by atoms with Crippen molar-refractivity contribution in [3.05, 3.63) is 15.4 Å². The second-order valence-electron chi connectivity index (χ2n) is 3.51. The Morgan fingerprint density at radius 3 is 2.59 bits per heavy atom. The van der Waals surface area contributed by atoms with E-state index in [-0.39, 0.29) is 0 Å². The van der Waals surface area contributed by atoms with Crippen LogP contribution in [0.2, 0.25) is 0 Å². The van der Waals surface area contributed by atoms with Crippen molar-refractivity contribution in [2.45, 2.75) is 18.1 Å². The van der Waals surface area contributed by atoms with Crippen LogP contribution in [0.1, 0.15) is 12.5 Å². The van der Waals surface area contributed by atoms with Crippen LogP contribution in [-0.4, -0.2) is 39.5 Å². The Hall–Kier alpha value is 0.0500. The van der Waals surface area contributed by atoms with Gasteiger partial charge in [0.2, 0.25) is 0 Å². The van der Waals surface area contributed by atoms with Crippen LogP contribution in [0.5, 0.6) is 0 Å². The minimum atomic E-state index is -3.38. The van der Waals surface area contributed by atoms with E-state index in [9.17, 15) is 8.42 Å². The molecular weight excluding hydrogens is 326 g/mol. The third-order valence-electron chi connectivity index (χ3n) is 2.33. The van der Waals surface area contributed by atoms with Crippen molar-refractivity contribution in [3.63, 3.8) is 0 Å². The van der Waals surface area contributed by atoms with Crippen molar-refractivity contribution in [1.82, 2.24) is 4.31 Å². The fourth-order valence-corrected chi connectivity index (χ4v) is 5.14. The Kier molecular flexibility index (Phi) is 5.59. The maximum atomic E-state index is 12.3. The number of nitrogens with zero attached hydrogens (tertiary/aromatic N) is 1. The van der Waals surface area contributed by atoms with E-state index in [2.05, 4.69) is 15.9 Å². The van der Waals surface area contributed by atoms with Crippen LogP contribution in [0.3, 0.4) is 0 Å². The molecule has 98 valence electrons. The summed E-state index contributed by atoms with van der Waals surface area (Å²) in [5, 5.41) is 0. The largest absolute Gasteiger partial charge is 0.383 e. The summed E-state index contributed by atoms with van der Waals surface area (Å²) < 4.78 is 32.2. The maximum Gasteiger partial charge on any atom is 0.252 e. The van der Waals surface area contributed by atoms with Gasteiger partial charge in [-0.3, -0.25) is 0 Å². The Bertz CT molecular complexity index is 450. The van der Waals surface area contributed by atoms with E-state index in [0.717, 1.165) is 9.35 Å². The summed E-state index contributed by atoms with van der Waals surface area (Å²) in [6.45, 7) is 4.93. The summed E-state index contributed by atoms with van der Waals surface area (Å²) in [6, 6.07) is 1.69. The highest BCUT2D eigenvalue weighted by molar-refractivity contribution is 9.11. The maximum absolute atomic E-state index is 12.3. The fraction of sp³-hybridized carbons (Fsp3) is 0.600. The zero-order chi connectivity index (χ0) is 13.1. The monoisotopic (exact) mass is 341 g/mol. The molecule has 4 nitrogen and oxygen atoms in total. The molecule has 7 heteroatoms.